The number of ether oxygens (including phenoxy) is 2. The van der Waals surface area contributed by atoms with Gasteiger partial charge in [-0.25, -0.2) is 0 Å². The molecule has 0 aromatic carbocycles. The van der Waals surface area contributed by atoms with Gasteiger partial charge in [-0.15, -0.1) is 23.1 Å². The van der Waals surface area contributed by atoms with E-state index in [1.54, 1.807) is 23.1 Å². The number of thioether (sulfide) groups is 1. The summed E-state index contributed by atoms with van der Waals surface area (Å²) in [7, 11) is 0. The third-order valence-corrected chi connectivity index (χ3v) is 4.58. The van der Waals surface area contributed by atoms with E-state index < -0.39 is 5.79 Å². The maximum Gasteiger partial charge on any atom is 0.164 e. The molecule has 1 atom stereocenters. The zero-order valence-electron chi connectivity index (χ0n) is 9.49. The fraction of sp³-hybridized carbons (Fsp3) is 0.636. The topological polar surface area (TPSA) is 18.5 Å². The summed E-state index contributed by atoms with van der Waals surface area (Å²) in [5, 5.41) is 2.16. The van der Waals surface area contributed by atoms with Crippen molar-refractivity contribution >= 4 is 23.1 Å². The van der Waals surface area contributed by atoms with Crippen molar-refractivity contribution in [2.24, 2.45) is 0 Å². The maximum atomic E-state index is 5.96. The molecular weight excluding hydrogens is 228 g/mol. The molecule has 1 unspecified atom stereocenters. The Labute approximate surface area is 99.0 Å². The Morgan fingerprint density at radius 2 is 2.13 bits per heavy atom. The largest absolute Gasteiger partial charge is 0.347 e. The summed E-state index contributed by atoms with van der Waals surface area (Å²) in [5.74, 6) is -0.462. The van der Waals surface area contributed by atoms with Crippen LogP contribution >= 0.6 is 23.1 Å². The lowest BCUT2D eigenvalue weighted by atomic mass is 10.0. The first-order valence-corrected chi connectivity index (χ1v) is 7.03. The predicted molar refractivity (Wildman–Crippen MR) is 64.6 cm³/mol. The molecule has 0 bridgehead atoms. The van der Waals surface area contributed by atoms with Crippen LogP contribution in [0.4, 0.5) is 0 Å². The van der Waals surface area contributed by atoms with Crippen LogP contribution in [0, 0.1) is 0 Å². The van der Waals surface area contributed by atoms with E-state index in [1.165, 1.54) is 9.77 Å². The quantitative estimate of drug-likeness (QED) is 0.742. The van der Waals surface area contributed by atoms with E-state index in [4.69, 9.17) is 9.47 Å². The second-order valence-electron chi connectivity index (χ2n) is 4.38. The Kier molecular flexibility index (Phi) is 2.88. The van der Waals surface area contributed by atoms with Crippen molar-refractivity contribution in [2.75, 3.05) is 12.9 Å². The highest BCUT2D eigenvalue weighted by molar-refractivity contribution is 8.00. The van der Waals surface area contributed by atoms with Crippen LogP contribution in [-0.4, -0.2) is 18.6 Å². The molecule has 1 aliphatic heterocycles. The van der Waals surface area contributed by atoms with Gasteiger partial charge in [-0.1, -0.05) is 0 Å². The molecule has 1 aromatic heterocycles. The van der Waals surface area contributed by atoms with Gasteiger partial charge >= 0.3 is 0 Å². The van der Waals surface area contributed by atoms with Gasteiger partial charge in [0, 0.05) is 0 Å². The molecule has 2 heterocycles. The third kappa shape index (κ3) is 2.23. The van der Waals surface area contributed by atoms with E-state index >= 15 is 0 Å². The first-order chi connectivity index (χ1) is 6.95. The van der Waals surface area contributed by atoms with Crippen LogP contribution in [0.3, 0.4) is 0 Å². The molecule has 0 N–H and O–H groups in total. The lowest BCUT2D eigenvalue weighted by molar-refractivity contribution is -0.159. The normalized spacial score (nSPS) is 29.6. The standard InChI is InChI=1S/C11H16O2S2/c1-10(2)12-7-11(3,13-10)8-5-9(14-4)15-6-8/h5-6H,7H2,1-4H3. The molecule has 1 aromatic rings. The summed E-state index contributed by atoms with van der Waals surface area (Å²) in [6, 6.07) is 2.19. The second-order valence-corrected chi connectivity index (χ2v) is 6.40. The van der Waals surface area contributed by atoms with Crippen molar-refractivity contribution in [2.45, 2.75) is 36.4 Å². The van der Waals surface area contributed by atoms with Gasteiger partial charge in [-0.3, -0.25) is 0 Å². The van der Waals surface area contributed by atoms with Crippen molar-refractivity contribution in [1.29, 1.82) is 0 Å². The minimum Gasteiger partial charge on any atom is -0.347 e. The van der Waals surface area contributed by atoms with Gasteiger partial charge in [-0.05, 0) is 44.0 Å². The van der Waals surface area contributed by atoms with Gasteiger partial charge < -0.3 is 9.47 Å². The lowest BCUT2D eigenvalue weighted by Crippen LogP contribution is -2.27. The molecule has 1 saturated heterocycles. The highest BCUT2D eigenvalue weighted by Gasteiger charge is 2.43. The Morgan fingerprint density at radius 1 is 1.40 bits per heavy atom. The van der Waals surface area contributed by atoms with Gasteiger partial charge in [0.15, 0.2) is 5.79 Å². The average Bonchev–Trinajstić information content (AvgIpc) is 2.71. The smallest absolute Gasteiger partial charge is 0.164 e. The Bertz CT molecular complexity index is 359. The van der Waals surface area contributed by atoms with E-state index in [0.717, 1.165) is 0 Å². The number of hydrogen-bond donors (Lipinski definition) is 0. The van der Waals surface area contributed by atoms with Gasteiger partial charge in [0.05, 0.1) is 10.8 Å². The molecular formula is C11H16O2S2. The maximum absolute atomic E-state index is 5.96. The monoisotopic (exact) mass is 244 g/mol. The van der Waals surface area contributed by atoms with Crippen LogP contribution in [0.5, 0.6) is 0 Å². The van der Waals surface area contributed by atoms with E-state index in [-0.39, 0.29) is 5.60 Å². The zero-order valence-corrected chi connectivity index (χ0v) is 11.1. The SMILES string of the molecule is CSc1cc(C2(C)COC(C)(C)O2)cs1. The summed E-state index contributed by atoms with van der Waals surface area (Å²) in [6.45, 7) is 6.64. The molecule has 4 heteroatoms. The molecule has 1 aliphatic rings. The minimum absolute atomic E-state index is 0.284. The fourth-order valence-electron chi connectivity index (χ4n) is 1.76. The molecule has 0 spiro atoms. The third-order valence-electron chi connectivity index (χ3n) is 2.55. The van der Waals surface area contributed by atoms with Crippen LogP contribution in [0.25, 0.3) is 0 Å². The van der Waals surface area contributed by atoms with Crippen molar-refractivity contribution in [3.8, 4) is 0 Å². The van der Waals surface area contributed by atoms with Crippen molar-refractivity contribution in [1.82, 2.24) is 0 Å². The lowest BCUT2D eigenvalue weighted by Gasteiger charge is -2.24. The van der Waals surface area contributed by atoms with Gasteiger partial charge in [-0.2, -0.15) is 0 Å². The summed E-state index contributed by atoms with van der Waals surface area (Å²) >= 11 is 3.53. The van der Waals surface area contributed by atoms with Crippen molar-refractivity contribution in [3.63, 3.8) is 0 Å². The Balaban J connectivity index is 2.23. The van der Waals surface area contributed by atoms with Crippen LogP contribution in [0.15, 0.2) is 15.7 Å². The number of rotatable bonds is 2. The van der Waals surface area contributed by atoms with Gasteiger partial charge in [0.1, 0.15) is 5.60 Å². The summed E-state index contributed by atoms with van der Waals surface area (Å²) in [5.41, 5.74) is 0.941. The van der Waals surface area contributed by atoms with E-state index in [2.05, 4.69) is 24.6 Å². The molecule has 0 amide bonds. The number of thiophene rings is 1. The average molecular weight is 244 g/mol. The number of hydrogen-bond acceptors (Lipinski definition) is 4. The molecule has 15 heavy (non-hydrogen) atoms. The molecule has 2 rings (SSSR count). The Hall–Kier alpha value is -0.0300. The molecule has 0 radical (unpaired) electrons. The van der Waals surface area contributed by atoms with Gasteiger partial charge in [0.25, 0.3) is 0 Å². The predicted octanol–water partition coefficient (Wildman–Crippen LogP) is 3.47. The zero-order chi connectivity index (χ0) is 11.1. The first-order valence-electron chi connectivity index (χ1n) is 4.92. The summed E-state index contributed by atoms with van der Waals surface area (Å²) in [4.78, 5) is 0. The summed E-state index contributed by atoms with van der Waals surface area (Å²) in [6.07, 6.45) is 2.09. The van der Waals surface area contributed by atoms with E-state index in [1.807, 2.05) is 13.8 Å². The van der Waals surface area contributed by atoms with Crippen LogP contribution < -0.4 is 0 Å². The highest BCUT2D eigenvalue weighted by atomic mass is 32.2. The van der Waals surface area contributed by atoms with E-state index in [0.29, 0.717) is 6.61 Å². The van der Waals surface area contributed by atoms with Crippen LogP contribution in [-0.2, 0) is 15.1 Å². The highest BCUT2D eigenvalue weighted by Crippen LogP contribution is 2.41. The van der Waals surface area contributed by atoms with Crippen LogP contribution in [0.1, 0.15) is 26.3 Å². The second kappa shape index (κ2) is 3.77. The molecule has 0 saturated carbocycles. The van der Waals surface area contributed by atoms with E-state index in [9.17, 15) is 0 Å². The minimum atomic E-state index is -0.462. The molecule has 2 nitrogen and oxygen atoms in total. The van der Waals surface area contributed by atoms with Gasteiger partial charge in [0.2, 0.25) is 0 Å². The van der Waals surface area contributed by atoms with Crippen LogP contribution in [0.2, 0.25) is 0 Å². The molecule has 1 fully saturated rings. The Morgan fingerprint density at radius 3 is 2.60 bits per heavy atom. The first kappa shape index (κ1) is 11.5. The van der Waals surface area contributed by atoms with Crippen molar-refractivity contribution < 1.29 is 9.47 Å². The fourth-order valence-corrected chi connectivity index (χ4v) is 3.29. The van der Waals surface area contributed by atoms with Crippen molar-refractivity contribution in [3.05, 3.63) is 17.0 Å². The molecule has 84 valence electrons. The molecule has 0 aliphatic carbocycles. The summed E-state index contributed by atoms with van der Waals surface area (Å²) < 4.78 is 12.9.